The number of hydrogen-bond acceptors (Lipinski definition) is 1. The minimum atomic E-state index is -0.562. The average molecular weight is 270 g/mol. The minimum absolute atomic E-state index is 0.0311. The number of halogens is 2. The van der Waals surface area contributed by atoms with E-state index in [0.29, 0.717) is 12.3 Å². The maximum absolute atomic E-state index is 13.6. The first kappa shape index (κ1) is 13.3. The molecule has 1 aromatic rings. The average Bonchev–Trinajstić information content (AvgIpc) is 2.86. The predicted molar refractivity (Wildman–Crippen MR) is 71.2 cm³/mol. The number of benzene rings is 1. The van der Waals surface area contributed by atoms with Crippen molar-refractivity contribution in [1.82, 2.24) is 0 Å². The fourth-order valence-electron chi connectivity index (χ4n) is 2.45. The molecule has 0 atom stereocenters. The summed E-state index contributed by atoms with van der Waals surface area (Å²) in [5.41, 5.74) is 0.166. The Kier molecular flexibility index (Phi) is 4.59. The van der Waals surface area contributed by atoms with Gasteiger partial charge in [-0.1, -0.05) is 43.4 Å². The fourth-order valence-corrected chi connectivity index (χ4v) is 2.62. The van der Waals surface area contributed by atoms with E-state index in [0.717, 1.165) is 6.42 Å². The lowest BCUT2D eigenvalue weighted by Gasteiger charge is -2.10. The smallest absolute Gasteiger partial charge is 0.224 e. The van der Waals surface area contributed by atoms with Crippen molar-refractivity contribution < 1.29 is 9.18 Å². The zero-order valence-corrected chi connectivity index (χ0v) is 11.0. The lowest BCUT2D eigenvalue weighted by molar-refractivity contribution is -0.116. The summed E-state index contributed by atoms with van der Waals surface area (Å²) in [6, 6.07) is 4.61. The number of rotatable bonds is 4. The Hall–Kier alpha value is -1.09. The molecule has 1 aliphatic carbocycles. The first-order chi connectivity index (χ1) is 8.66. The van der Waals surface area contributed by atoms with Crippen LogP contribution in [0.1, 0.15) is 38.5 Å². The third-order valence-corrected chi connectivity index (χ3v) is 3.77. The molecule has 18 heavy (non-hydrogen) atoms. The van der Waals surface area contributed by atoms with E-state index in [2.05, 4.69) is 5.32 Å². The molecule has 0 saturated heterocycles. The summed E-state index contributed by atoms with van der Waals surface area (Å²) in [5, 5.41) is 2.61. The number of nitrogens with one attached hydrogen (secondary N) is 1. The fraction of sp³-hybridized carbons (Fsp3) is 0.500. The third kappa shape index (κ3) is 3.45. The summed E-state index contributed by atoms with van der Waals surface area (Å²) in [4.78, 5) is 11.7. The van der Waals surface area contributed by atoms with E-state index in [1.54, 1.807) is 6.07 Å². The molecule has 0 bridgehead atoms. The Morgan fingerprint density at radius 2 is 2.11 bits per heavy atom. The zero-order valence-electron chi connectivity index (χ0n) is 10.2. The van der Waals surface area contributed by atoms with Crippen molar-refractivity contribution in [2.75, 3.05) is 5.32 Å². The van der Waals surface area contributed by atoms with E-state index in [9.17, 15) is 9.18 Å². The third-order valence-electron chi connectivity index (χ3n) is 3.48. The van der Waals surface area contributed by atoms with Crippen molar-refractivity contribution >= 4 is 23.2 Å². The highest BCUT2D eigenvalue weighted by Gasteiger charge is 2.16. The SMILES string of the molecule is O=C(CCC1CCCC1)Nc1cccc(Cl)c1F. The summed E-state index contributed by atoms with van der Waals surface area (Å²) in [5.74, 6) is -0.0311. The van der Waals surface area contributed by atoms with Gasteiger partial charge in [-0.25, -0.2) is 4.39 Å². The molecule has 4 heteroatoms. The van der Waals surface area contributed by atoms with Crippen molar-refractivity contribution in [2.45, 2.75) is 38.5 Å². The van der Waals surface area contributed by atoms with E-state index < -0.39 is 5.82 Å². The van der Waals surface area contributed by atoms with Gasteiger partial charge in [0.05, 0.1) is 10.7 Å². The van der Waals surface area contributed by atoms with Gasteiger partial charge in [-0.2, -0.15) is 0 Å². The molecule has 0 unspecified atom stereocenters. The van der Waals surface area contributed by atoms with Gasteiger partial charge in [-0.05, 0) is 24.5 Å². The second-order valence-electron chi connectivity index (χ2n) is 4.84. The summed E-state index contributed by atoms with van der Waals surface area (Å²) < 4.78 is 13.6. The molecule has 0 aromatic heterocycles. The Labute approximate surface area is 112 Å². The van der Waals surface area contributed by atoms with Crippen LogP contribution in [0.5, 0.6) is 0 Å². The van der Waals surface area contributed by atoms with Crippen LogP contribution in [0.4, 0.5) is 10.1 Å². The van der Waals surface area contributed by atoms with Crippen LogP contribution >= 0.6 is 11.6 Å². The molecule has 0 radical (unpaired) electrons. The molecule has 2 rings (SSSR count). The van der Waals surface area contributed by atoms with Gasteiger partial charge in [0.2, 0.25) is 5.91 Å². The highest BCUT2D eigenvalue weighted by molar-refractivity contribution is 6.31. The van der Waals surface area contributed by atoms with E-state index in [4.69, 9.17) is 11.6 Å². The van der Waals surface area contributed by atoms with Crippen LogP contribution in [0.2, 0.25) is 5.02 Å². The molecule has 98 valence electrons. The molecular formula is C14H17ClFNO. The highest BCUT2D eigenvalue weighted by atomic mass is 35.5. The second-order valence-corrected chi connectivity index (χ2v) is 5.25. The summed E-state index contributed by atoms with van der Waals surface area (Å²) >= 11 is 5.65. The van der Waals surface area contributed by atoms with Crippen LogP contribution in [0.25, 0.3) is 0 Å². The van der Waals surface area contributed by atoms with Gasteiger partial charge in [0, 0.05) is 6.42 Å². The van der Waals surface area contributed by atoms with Gasteiger partial charge in [0.25, 0.3) is 0 Å². The highest BCUT2D eigenvalue weighted by Crippen LogP contribution is 2.29. The summed E-state index contributed by atoms with van der Waals surface area (Å²) in [6.45, 7) is 0. The van der Waals surface area contributed by atoms with Crippen molar-refractivity contribution in [3.8, 4) is 0 Å². The molecule has 1 fully saturated rings. The molecule has 1 amide bonds. The molecule has 1 aliphatic rings. The molecule has 0 spiro atoms. The van der Waals surface area contributed by atoms with E-state index in [1.165, 1.54) is 37.8 Å². The molecule has 0 aliphatic heterocycles. The van der Waals surface area contributed by atoms with Crippen molar-refractivity contribution in [1.29, 1.82) is 0 Å². The molecule has 1 aromatic carbocycles. The first-order valence-electron chi connectivity index (χ1n) is 6.40. The van der Waals surface area contributed by atoms with Crippen LogP contribution < -0.4 is 5.32 Å². The van der Waals surface area contributed by atoms with Gasteiger partial charge in [-0.3, -0.25) is 4.79 Å². The first-order valence-corrected chi connectivity index (χ1v) is 6.78. The number of amides is 1. The standard InChI is InChI=1S/C14H17ClFNO/c15-11-6-3-7-12(14(11)16)17-13(18)9-8-10-4-1-2-5-10/h3,6-7,10H,1-2,4-5,8-9H2,(H,17,18). The largest absolute Gasteiger partial charge is 0.324 e. The van der Waals surface area contributed by atoms with Crippen LogP contribution in [0.15, 0.2) is 18.2 Å². The predicted octanol–water partition coefficient (Wildman–Crippen LogP) is 4.39. The lowest BCUT2D eigenvalue weighted by atomic mass is 10.0. The number of carbonyl (C=O) groups excluding carboxylic acids is 1. The van der Waals surface area contributed by atoms with E-state index >= 15 is 0 Å². The topological polar surface area (TPSA) is 29.1 Å². The number of hydrogen-bond donors (Lipinski definition) is 1. The van der Waals surface area contributed by atoms with Crippen molar-refractivity contribution in [3.63, 3.8) is 0 Å². The van der Waals surface area contributed by atoms with Gasteiger partial charge in [0.1, 0.15) is 0 Å². The van der Waals surface area contributed by atoms with Crippen LogP contribution in [0, 0.1) is 11.7 Å². The Balaban J connectivity index is 1.84. The Morgan fingerprint density at radius 1 is 1.39 bits per heavy atom. The molecule has 1 N–H and O–H groups in total. The Bertz CT molecular complexity index is 430. The van der Waals surface area contributed by atoms with Gasteiger partial charge in [0.15, 0.2) is 5.82 Å². The van der Waals surface area contributed by atoms with E-state index in [1.807, 2.05) is 0 Å². The van der Waals surface area contributed by atoms with Gasteiger partial charge >= 0.3 is 0 Å². The zero-order chi connectivity index (χ0) is 13.0. The maximum atomic E-state index is 13.6. The molecule has 0 heterocycles. The van der Waals surface area contributed by atoms with E-state index in [-0.39, 0.29) is 16.6 Å². The van der Waals surface area contributed by atoms with Gasteiger partial charge in [-0.15, -0.1) is 0 Å². The van der Waals surface area contributed by atoms with Crippen molar-refractivity contribution in [2.24, 2.45) is 5.92 Å². The summed E-state index contributed by atoms with van der Waals surface area (Å²) in [6.07, 6.45) is 6.34. The minimum Gasteiger partial charge on any atom is -0.324 e. The molecule has 1 saturated carbocycles. The van der Waals surface area contributed by atoms with Gasteiger partial charge < -0.3 is 5.32 Å². The van der Waals surface area contributed by atoms with Crippen LogP contribution in [-0.2, 0) is 4.79 Å². The summed E-state index contributed by atoms with van der Waals surface area (Å²) in [7, 11) is 0. The maximum Gasteiger partial charge on any atom is 0.224 e. The second kappa shape index (κ2) is 6.19. The monoisotopic (exact) mass is 269 g/mol. The van der Waals surface area contributed by atoms with Crippen molar-refractivity contribution in [3.05, 3.63) is 29.0 Å². The van der Waals surface area contributed by atoms with Crippen LogP contribution in [-0.4, -0.2) is 5.91 Å². The quantitative estimate of drug-likeness (QED) is 0.863. The Morgan fingerprint density at radius 3 is 2.83 bits per heavy atom. The number of carbonyl (C=O) groups is 1. The molecular weight excluding hydrogens is 253 g/mol. The lowest BCUT2D eigenvalue weighted by Crippen LogP contribution is -2.13. The number of anilines is 1. The van der Waals surface area contributed by atoms with Crippen LogP contribution in [0.3, 0.4) is 0 Å². The normalized spacial score (nSPS) is 15.9. The molecule has 2 nitrogen and oxygen atoms in total.